The topological polar surface area (TPSA) is 49.8 Å². The van der Waals surface area contributed by atoms with Crippen molar-refractivity contribution in [1.29, 1.82) is 0 Å². The normalized spacial score (nSPS) is 11.4. The Kier molecular flexibility index (Phi) is 10.8. The summed E-state index contributed by atoms with van der Waals surface area (Å²) < 4.78 is 5.00. The number of aliphatic hydroxyl groups is 1. The Morgan fingerprint density at radius 3 is 2.52 bits per heavy atom. The minimum absolute atomic E-state index is 0. The molecule has 0 aromatic heterocycles. The van der Waals surface area contributed by atoms with E-state index < -0.39 is 6.10 Å². The van der Waals surface area contributed by atoms with Gasteiger partial charge in [0.1, 0.15) is 0 Å². The van der Waals surface area contributed by atoms with Crippen LogP contribution in [0.4, 0.5) is 5.69 Å². The van der Waals surface area contributed by atoms with Gasteiger partial charge < -0.3 is 14.7 Å². The summed E-state index contributed by atoms with van der Waals surface area (Å²) in [5.74, 6) is 0.705. The van der Waals surface area contributed by atoms with Gasteiger partial charge in [0.25, 0.3) is 0 Å². The second-order valence-corrected chi connectivity index (χ2v) is 6.46. The smallest absolute Gasteiger partial charge is 0.223 e. The number of carbonyl (C=O) groups is 1. The quantitative estimate of drug-likeness (QED) is 0.573. The van der Waals surface area contributed by atoms with E-state index in [1.54, 1.807) is 11.8 Å². The molecular weight excluding hydrogens is 415 g/mol. The number of unbranched alkanes of at least 4 members (excludes halogenated alkanes) is 1. The van der Waals surface area contributed by atoms with Gasteiger partial charge in [0, 0.05) is 51.9 Å². The number of aliphatic hydroxyl groups excluding tert-OH is 1. The molecule has 1 amide bonds. The number of hydrogen-bond acceptors (Lipinski definition) is 3. The van der Waals surface area contributed by atoms with Gasteiger partial charge in [0.2, 0.25) is 5.91 Å². The number of hydrogen-bond donors (Lipinski definition) is 1. The Hall–Kier alpha value is -1.23. The monoisotopic (exact) mass is 443 g/mol. The van der Waals surface area contributed by atoms with E-state index >= 15 is 0 Å². The van der Waals surface area contributed by atoms with Gasteiger partial charge in [-0.3, -0.25) is 4.79 Å². The summed E-state index contributed by atoms with van der Waals surface area (Å²) in [6.07, 6.45) is 3.10. The van der Waals surface area contributed by atoms with Crippen LogP contribution in [0.5, 0.6) is 5.75 Å². The fourth-order valence-electron chi connectivity index (χ4n) is 2.94. The average Bonchev–Trinajstić information content (AvgIpc) is 2.66. The number of benzene rings is 2. The molecule has 1 N–H and O–H groups in total. The van der Waals surface area contributed by atoms with Crippen molar-refractivity contribution in [3.05, 3.63) is 66.8 Å². The zero-order valence-electron chi connectivity index (χ0n) is 16.2. The molecule has 1 unspecified atom stereocenters. The molecule has 2 aromatic rings. The number of amides is 1. The summed E-state index contributed by atoms with van der Waals surface area (Å²) in [6, 6.07) is 15.3. The average molecular weight is 443 g/mol. The number of nitrogens with zero attached hydrogens (tertiary/aromatic N) is 1. The van der Waals surface area contributed by atoms with Crippen molar-refractivity contribution >= 4 is 11.6 Å². The van der Waals surface area contributed by atoms with Crippen LogP contribution in [0.15, 0.2) is 48.5 Å². The van der Waals surface area contributed by atoms with Gasteiger partial charge in [-0.1, -0.05) is 44.0 Å². The Morgan fingerprint density at radius 1 is 1.22 bits per heavy atom. The summed E-state index contributed by atoms with van der Waals surface area (Å²) in [7, 11) is 3.42. The van der Waals surface area contributed by atoms with E-state index in [2.05, 4.69) is 14.0 Å². The molecule has 0 aliphatic carbocycles. The van der Waals surface area contributed by atoms with E-state index in [1.165, 1.54) is 0 Å². The number of ether oxygens (including phenoxy) is 1. The van der Waals surface area contributed by atoms with E-state index in [0.717, 1.165) is 42.5 Å². The van der Waals surface area contributed by atoms with E-state index in [-0.39, 0.29) is 38.6 Å². The molecule has 1 atom stereocenters. The largest absolute Gasteiger partial charge is 0.665 e. The summed E-state index contributed by atoms with van der Waals surface area (Å²) in [5, 5.41) is 10.2. The third-order valence-corrected chi connectivity index (χ3v) is 4.49. The molecule has 0 saturated heterocycles. The maximum Gasteiger partial charge on any atom is 0.223 e. The van der Waals surface area contributed by atoms with Crippen LogP contribution in [-0.2, 0) is 43.9 Å². The predicted molar refractivity (Wildman–Crippen MR) is 105 cm³/mol. The molecule has 0 heterocycles. The zero-order valence-corrected chi connectivity index (χ0v) is 19.1. The summed E-state index contributed by atoms with van der Waals surface area (Å²) in [6.45, 7) is 4.26. The van der Waals surface area contributed by atoms with E-state index in [9.17, 15) is 9.90 Å². The van der Waals surface area contributed by atoms with Crippen molar-refractivity contribution in [2.75, 3.05) is 11.4 Å². The first-order valence-corrected chi connectivity index (χ1v) is 9.12. The molecule has 2 aromatic carbocycles. The maximum absolute atomic E-state index is 12.1. The molecule has 0 saturated carbocycles. The molecule has 5 heteroatoms. The summed E-state index contributed by atoms with van der Waals surface area (Å²) in [4.78, 5) is 13.8. The number of rotatable bonds is 9. The first-order valence-electron chi connectivity index (χ1n) is 9.12. The molecule has 143 valence electrons. The van der Waals surface area contributed by atoms with Gasteiger partial charge in [-0.2, -0.15) is 7.11 Å². The van der Waals surface area contributed by atoms with Crippen LogP contribution in [0, 0.1) is 7.11 Å². The Labute approximate surface area is 187 Å². The minimum Gasteiger partial charge on any atom is -0.665 e. The van der Waals surface area contributed by atoms with Gasteiger partial charge in [-0.05, 0) is 48.2 Å². The molecule has 4 nitrogen and oxygen atoms in total. The van der Waals surface area contributed by atoms with Crippen LogP contribution in [0.2, 0.25) is 0 Å². The molecule has 0 aliphatic heterocycles. The van der Waals surface area contributed by atoms with Crippen LogP contribution in [0.3, 0.4) is 0 Å². The Morgan fingerprint density at radius 2 is 1.93 bits per heavy atom. The van der Waals surface area contributed by atoms with Crippen molar-refractivity contribution in [3.63, 3.8) is 0 Å². The molecule has 0 bridgehead atoms. The zero-order chi connectivity index (χ0) is 18.9. The van der Waals surface area contributed by atoms with Crippen molar-refractivity contribution < 1.29 is 47.3 Å². The summed E-state index contributed by atoms with van der Waals surface area (Å²) >= 11 is 0. The van der Waals surface area contributed by atoms with Crippen LogP contribution < -0.4 is 9.64 Å². The fourth-order valence-corrected chi connectivity index (χ4v) is 2.94. The van der Waals surface area contributed by atoms with E-state index in [4.69, 9.17) is 4.74 Å². The second-order valence-electron chi connectivity index (χ2n) is 6.46. The third-order valence-electron chi connectivity index (χ3n) is 4.49. The van der Waals surface area contributed by atoms with Gasteiger partial charge in [0.05, 0.1) is 11.9 Å². The Balaban J connectivity index is 0.00000364. The molecule has 2 rings (SSSR count). The maximum atomic E-state index is 12.1. The molecular formula is C22H28NO3Y-. The van der Waals surface area contributed by atoms with E-state index in [1.807, 2.05) is 48.5 Å². The Bertz CT molecular complexity index is 703. The van der Waals surface area contributed by atoms with Crippen LogP contribution in [-0.4, -0.2) is 17.6 Å². The molecule has 0 aliphatic rings. The van der Waals surface area contributed by atoms with Crippen molar-refractivity contribution in [1.82, 2.24) is 0 Å². The van der Waals surface area contributed by atoms with Crippen molar-refractivity contribution in [2.24, 2.45) is 0 Å². The van der Waals surface area contributed by atoms with Crippen LogP contribution >= 0.6 is 0 Å². The first-order chi connectivity index (χ1) is 12.5. The van der Waals surface area contributed by atoms with Crippen molar-refractivity contribution in [3.8, 4) is 5.75 Å². The second kappa shape index (κ2) is 12.3. The SMILES string of the molecule is [CH2-]Oc1cccc(CCN(C(C)=O)c2ccc(C(O)CCCC)cc2)c1.[Y]. The third kappa shape index (κ3) is 7.36. The van der Waals surface area contributed by atoms with Crippen LogP contribution in [0.1, 0.15) is 50.3 Å². The van der Waals surface area contributed by atoms with Gasteiger partial charge in [-0.15, -0.1) is 0 Å². The van der Waals surface area contributed by atoms with Crippen LogP contribution in [0.25, 0.3) is 0 Å². The molecule has 0 fully saturated rings. The molecule has 1 radical (unpaired) electrons. The van der Waals surface area contributed by atoms with Gasteiger partial charge >= 0.3 is 0 Å². The molecule has 27 heavy (non-hydrogen) atoms. The summed E-state index contributed by atoms with van der Waals surface area (Å²) in [5.41, 5.74) is 2.82. The standard InChI is InChI=1S/C22H28NO3.Y/c1-4-5-9-22(25)19-10-12-20(13-11-19)23(17(2)24)15-14-18-7-6-8-21(16-18)26-3;/h6-8,10-13,16,22,25H,3-5,9,14-15H2,1-2H3;/q-1;. The van der Waals surface area contributed by atoms with Gasteiger partial charge in [0.15, 0.2) is 0 Å². The fraction of sp³-hybridized carbons (Fsp3) is 0.364. The van der Waals surface area contributed by atoms with Crippen molar-refractivity contribution in [2.45, 2.75) is 45.6 Å². The number of anilines is 1. The van der Waals surface area contributed by atoms with E-state index in [0.29, 0.717) is 12.3 Å². The molecule has 0 spiro atoms. The number of carbonyl (C=O) groups excluding carboxylic acids is 1. The first kappa shape index (κ1) is 23.8. The predicted octanol–water partition coefficient (Wildman–Crippen LogP) is 4.67. The minimum atomic E-state index is -0.444. The van der Waals surface area contributed by atoms with Gasteiger partial charge in [-0.25, -0.2) is 0 Å².